The summed E-state index contributed by atoms with van der Waals surface area (Å²) in [5.41, 5.74) is 2.75. The molecule has 110 valence electrons. The molecule has 1 aromatic heterocycles. The molecule has 0 spiro atoms. The molecule has 0 aliphatic heterocycles. The van der Waals surface area contributed by atoms with Crippen LogP contribution in [-0.4, -0.2) is 5.91 Å². The number of anilines is 1. The predicted molar refractivity (Wildman–Crippen MR) is 88.3 cm³/mol. The van der Waals surface area contributed by atoms with E-state index in [1.54, 1.807) is 24.3 Å². The lowest BCUT2D eigenvalue weighted by atomic mass is 10.2. The zero-order chi connectivity index (χ0) is 15.5. The van der Waals surface area contributed by atoms with Gasteiger partial charge < -0.3 is 9.73 Å². The number of benzene rings is 2. The Balaban J connectivity index is 1.76. The van der Waals surface area contributed by atoms with Crippen molar-refractivity contribution in [3.05, 3.63) is 77.0 Å². The highest BCUT2D eigenvalue weighted by Gasteiger charge is 2.12. The summed E-state index contributed by atoms with van der Waals surface area (Å²) in [5, 5.41) is 3.47. The molecular weight excluding hydrogens is 298 g/mol. The van der Waals surface area contributed by atoms with Crippen LogP contribution in [0.15, 0.2) is 65.1 Å². The number of nitrogens with one attached hydrogen (secondary N) is 1. The molecule has 3 aromatic rings. The van der Waals surface area contributed by atoms with Gasteiger partial charge in [0.25, 0.3) is 5.91 Å². The van der Waals surface area contributed by atoms with E-state index in [1.807, 2.05) is 43.3 Å². The summed E-state index contributed by atoms with van der Waals surface area (Å²) in [5.74, 6) is 0.625. The Bertz CT molecular complexity index is 789. The quantitative estimate of drug-likeness (QED) is 0.726. The molecule has 1 amide bonds. The molecular formula is C18H14ClNO2. The van der Waals surface area contributed by atoms with E-state index >= 15 is 0 Å². The average Bonchev–Trinajstić information content (AvgIpc) is 3.00. The number of aryl methyl sites for hydroxylation is 1. The summed E-state index contributed by atoms with van der Waals surface area (Å²) in [6.07, 6.45) is 0. The molecule has 0 bridgehead atoms. The van der Waals surface area contributed by atoms with Crippen LogP contribution in [0, 0.1) is 6.92 Å². The number of hydrogen-bond acceptors (Lipinski definition) is 2. The Hall–Kier alpha value is -2.52. The van der Waals surface area contributed by atoms with Crippen LogP contribution in [0.5, 0.6) is 0 Å². The van der Waals surface area contributed by atoms with Crippen LogP contribution in [0.4, 0.5) is 5.69 Å². The fourth-order valence-electron chi connectivity index (χ4n) is 2.06. The molecule has 0 aliphatic rings. The molecule has 0 saturated carbocycles. The first-order valence-electron chi connectivity index (χ1n) is 6.85. The van der Waals surface area contributed by atoms with Crippen LogP contribution in [-0.2, 0) is 0 Å². The normalized spacial score (nSPS) is 10.5. The monoisotopic (exact) mass is 311 g/mol. The smallest absolute Gasteiger partial charge is 0.291 e. The number of rotatable bonds is 3. The molecule has 0 unspecified atom stereocenters. The first kappa shape index (κ1) is 14.4. The molecule has 0 atom stereocenters. The number of furan rings is 1. The van der Waals surface area contributed by atoms with Crippen molar-refractivity contribution in [2.75, 3.05) is 5.32 Å². The van der Waals surface area contributed by atoms with Crippen LogP contribution >= 0.6 is 11.6 Å². The zero-order valence-corrected chi connectivity index (χ0v) is 12.7. The Morgan fingerprint density at radius 3 is 2.32 bits per heavy atom. The molecule has 0 fully saturated rings. The molecule has 0 radical (unpaired) electrons. The summed E-state index contributed by atoms with van der Waals surface area (Å²) in [6.45, 7) is 2.00. The van der Waals surface area contributed by atoms with Crippen molar-refractivity contribution in [1.82, 2.24) is 0 Å². The van der Waals surface area contributed by atoms with Gasteiger partial charge in [0.1, 0.15) is 5.76 Å². The molecule has 3 rings (SSSR count). The lowest BCUT2D eigenvalue weighted by Crippen LogP contribution is -2.10. The Kier molecular flexibility index (Phi) is 3.98. The van der Waals surface area contributed by atoms with Crippen molar-refractivity contribution in [3.63, 3.8) is 0 Å². The number of carbonyl (C=O) groups excluding carboxylic acids is 1. The lowest BCUT2D eigenvalue weighted by molar-refractivity contribution is 0.0997. The van der Waals surface area contributed by atoms with Crippen molar-refractivity contribution >= 4 is 23.2 Å². The molecule has 22 heavy (non-hydrogen) atoms. The fraction of sp³-hybridized carbons (Fsp3) is 0.0556. The summed E-state index contributed by atoms with van der Waals surface area (Å²) in [6, 6.07) is 18.3. The highest BCUT2D eigenvalue weighted by Crippen LogP contribution is 2.24. The number of amides is 1. The van der Waals surface area contributed by atoms with Gasteiger partial charge in [0.05, 0.1) is 0 Å². The molecule has 2 aromatic carbocycles. The molecule has 1 N–H and O–H groups in total. The van der Waals surface area contributed by atoms with E-state index < -0.39 is 0 Å². The van der Waals surface area contributed by atoms with E-state index in [-0.39, 0.29) is 11.7 Å². The fourth-order valence-corrected chi connectivity index (χ4v) is 2.18. The van der Waals surface area contributed by atoms with E-state index in [0.29, 0.717) is 10.8 Å². The van der Waals surface area contributed by atoms with Gasteiger partial charge in [-0.05, 0) is 55.5 Å². The molecule has 0 saturated heterocycles. The highest BCUT2D eigenvalue weighted by atomic mass is 35.5. The zero-order valence-electron chi connectivity index (χ0n) is 12.0. The Labute approximate surface area is 133 Å². The van der Waals surface area contributed by atoms with Crippen molar-refractivity contribution < 1.29 is 9.21 Å². The maximum absolute atomic E-state index is 12.2. The van der Waals surface area contributed by atoms with Gasteiger partial charge in [-0.25, -0.2) is 0 Å². The maximum Gasteiger partial charge on any atom is 0.291 e. The van der Waals surface area contributed by atoms with E-state index in [0.717, 1.165) is 16.8 Å². The topological polar surface area (TPSA) is 42.2 Å². The van der Waals surface area contributed by atoms with Gasteiger partial charge in [-0.3, -0.25) is 4.79 Å². The maximum atomic E-state index is 12.2. The van der Waals surface area contributed by atoms with Gasteiger partial charge in [-0.2, -0.15) is 0 Å². The minimum atomic E-state index is -0.274. The van der Waals surface area contributed by atoms with Crippen LogP contribution < -0.4 is 5.32 Å². The summed E-state index contributed by atoms with van der Waals surface area (Å²) < 4.78 is 5.61. The van der Waals surface area contributed by atoms with Gasteiger partial charge >= 0.3 is 0 Å². The summed E-state index contributed by atoms with van der Waals surface area (Å²) in [4.78, 5) is 12.2. The average molecular weight is 312 g/mol. The largest absolute Gasteiger partial charge is 0.451 e. The third-order valence-electron chi connectivity index (χ3n) is 3.27. The second kappa shape index (κ2) is 6.08. The third-order valence-corrected chi connectivity index (χ3v) is 3.52. The second-order valence-electron chi connectivity index (χ2n) is 4.99. The minimum absolute atomic E-state index is 0.269. The third kappa shape index (κ3) is 3.21. The Morgan fingerprint density at radius 1 is 0.955 bits per heavy atom. The van der Waals surface area contributed by atoms with Crippen LogP contribution in [0.3, 0.4) is 0 Å². The number of hydrogen-bond donors (Lipinski definition) is 1. The van der Waals surface area contributed by atoms with Crippen molar-refractivity contribution in [2.24, 2.45) is 0 Å². The van der Waals surface area contributed by atoms with E-state index in [9.17, 15) is 4.79 Å². The van der Waals surface area contributed by atoms with Gasteiger partial charge in [0, 0.05) is 16.3 Å². The van der Waals surface area contributed by atoms with Crippen molar-refractivity contribution in [3.8, 4) is 11.3 Å². The van der Waals surface area contributed by atoms with Crippen LogP contribution in [0.1, 0.15) is 16.1 Å². The number of carbonyl (C=O) groups is 1. The molecule has 0 aliphatic carbocycles. The van der Waals surface area contributed by atoms with Crippen LogP contribution in [0.25, 0.3) is 11.3 Å². The van der Waals surface area contributed by atoms with E-state index in [4.69, 9.17) is 16.0 Å². The molecule has 4 heteroatoms. The van der Waals surface area contributed by atoms with E-state index in [1.165, 1.54) is 0 Å². The summed E-state index contributed by atoms with van der Waals surface area (Å²) in [7, 11) is 0. The summed E-state index contributed by atoms with van der Waals surface area (Å²) >= 11 is 5.86. The standard InChI is InChI=1S/C18H14ClNO2/c1-12-2-8-15(9-3-12)20-18(21)17-11-10-16(22-17)13-4-6-14(19)7-5-13/h2-11H,1H3,(H,20,21). The minimum Gasteiger partial charge on any atom is -0.451 e. The van der Waals surface area contributed by atoms with Gasteiger partial charge in [-0.15, -0.1) is 0 Å². The van der Waals surface area contributed by atoms with Gasteiger partial charge in [0.15, 0.2) is 5.76 Å². The van der Waals surface area contributed by atoms with Gasteiger partial charge in [-0.1, -0.05) is 29.3 Å². The molecule has 1 heterocycles. The number of halogens is 1. The second-order valence-corrected chi connectivity index (χ2v) is 5.43. The highest BCUT2D eigenvalue weighted by molar-refractivity contribution is 6.30. The molecule has 3 nitrogen and oxygen atoms in total. The van der Waals surface area contributed by atoms with E-state index in [2.05, 4.69) is 5.32 Å². The first-order valence-corrected chi connectivity index (χ1v) is 7.23. The van der Waals surface area contributed by atoms with Gasteiger partial charge in [0.2, 0.25) is 0 Å². The van der Waals surface area contributed by atoms with Crippen LogP contribution in [0.2, 0.25) is 5.02 Å². The lowest BCUT2D eigenvalue weighted by Gasteiger charge is -2.03. The van der Waals surface area contributed by atoms with Crippen molar-refractivity contribution in [2.45, 2.75) is 6.92 Å². The first-order chi connectivity index (χ1) is 10.6. The Morgan fingerprint density at radius 2 is 1.64 bits per heavy atom. The van der Waals surface area contributed by atoms with Crippen molar-refractivity contribution in [1.29, 1.82) is 0 Å². The SMILES string of the molecule is Cc1ccc(NC(=O)c2ccc(-c3ccc(Cl)cc3)o2)cc1. The predicted octanol–water partition coefficient (Wildman–Crippen LogP) is 5.16.